The third-order valence-corrected chi connectivity index (χ3v) is 9.99. The summed E-state index contributed by atoms with van der Waals surface area (Å²) in [5.41, 5.74) is 1.09. The van der Waals surface area contributed by atoms with Crippen molar-refractivity contribution in [3.63, 3.8) is 0 Å². The van der Waals surface area contributed by atoms with Crippen LogP contribution in [0.1, 0.15) is 66.2 Å². The van der Waals surface area contributed by atoms with Gasteiger partial charge in [0.2, 0.25) is 0 Å². The van der Waals surface area contributed by atoms with Crippen LogP contribution >= 0.6 is 15.9 Å². The maximum absolute atomic E-state index is 11.2. The first-order valence-corrected chi connectivity index (χ1v) is 10.2. The van der Waals surface area contributed by atoms with E-state index >= 15 is 0 Å². The van der Waals surface area contributed by atoms with E-state index in [0.717, 1.165) is 38.5 Å². The predicted molar refractivity (Wildman–Crippen MR) is 96.7 cm³/mol. The summed E-state index contributed by atoms with van der Waals surface area (Å²) in [6.45, 7) is 13.7. The minimum Gasteiger partial charge on any atom is -0.390 e. The van der Waals surface area contributed by atoms with Crippen molar-refractivity contribution in [2.24, 2.45) is 22.2 Å². The third-order valence-electron chi connectivity index (χ3n) is 8.49. The predicted octanol–water partition coefficient (Wildman–Crippen LogP) is 4.84. The van der Waals surface area contributed by atoms with Gasteiger partial charge in [-0.15, -0.1) is 0 Å². The van der Waals surface area contributed by atoms with E-state index in [-0.39, 0.29) is 22.3 Å². The van der Waals surface area contributed by atoms with Crippen molar-refractivity contribution < 1.29 is 9.84 Å². The van der Waals surface area contributed by atoms with Gasteiger partial charge in [0.05, 0.1) is 17.8 Å². The third kappa shape index (κ3) is 1.83. The van der Waals surface area contributed by atoms with Crippen molar-refractivity contribution in [2.45, 2.75) is 88.9 Å². The van der Waals surface area contributed by atoms with Crippen molar-refractivity contribution in [3.05, 3.63) is 12.2 Å². The summed E-state index contributed by atoms with van der Waals surface area (Å²) in [6.07, 6.45) is 6.84. The van der Waals surface area contributed by atoms with Crippen LogP contribution < -0.4 is 0 Å². The minimum atomic E-state index is -0.579. The fourth-order valence-corrected chi connectivity index (χ4v) is 7.62. The second kappa shape index (κ2) is 4.65. The Bertz CT molecular complexity index is 554. The highest BCUT2D eigenvalue weighted by Crippen LogP contribution is 2.72. The molecule has 4 rings (SSSR count). The standard InChI is InChI=1S/C20H31BrO2/c1-12-6-7-15-17(2,3)20(12)10-13-18(4,11-16(20)23-15)14(21)8-9-19(13,5)22/h13-16,22H,1,6-11H2,2-5H3/t13-,14-,15-,16?,18-,19+,20?/m1/s1. The largest absolute Gasteiger partial charge is 0.390 e. The van der Waals surface area contributed by atoms with Crippen LogP contribution in [-0.2, 0) is 4.74 Å². The van der Waals surface area contributed by atoms with Crippen molar-refractivity contribution in [1.82, 2.24) is 0 Å². The molecule has 1 spiro atoms. The van der Waals surface area contributed by atoms with Gasteiger partial charge in [-0.05, 0) is 56.8 Å². The van der Waals surface area contributed by atoms with Gasteiger partial charge in [0.15, 0.2) is 0 Å². The van der Waals surface area contributed by atoms with Gasteiger partial charge in [0.25, 0.3) is 0 Å². The molecule has 0 radical (unpaired) electrons. The molecule has 3 heteroatoms. The van der Waals surface area contributed by atoms with Crippen LogP contribution in [0.2, 0.25) is 0 Å². The molecule has 130 valence electrons. The second-order valence-electron chi connectivity index (χ2n) is 9.78. The van der Waals surface area contributed by atoms with E-state index in [4.69, 9.17) is 4.74 Å². The molecule has 4 fully saturated rings. The monoisotopic (exact) mass is 382 g/mol. The summed E-state index contributed by atoms with van der Waals surface area (Å²) in [6, 6.07) is 0. The molecule has 0 amide bonds. The van der Waals surface area contributed by atoms with Gasteiger partial charge in [0.1, 0.15) is 0 Å². The molecular weight excluding hydrogens is 352 g/mol. The van der Waals surface area contributed by atoms with Crippen LogP contribution in [0.15, 0.2) is 12.2 Å². The van der Waals surface area contributed by atoms with Gasteiger partial charge >= 0.3 is 0 Å². The van der Waals surface area contributed by atoms with E-state index in [9.17, 15) is 5.11 Å². The Hall–Kier alpha value is 0.140. The van der Waals surface area contributed by atoms with Gasteiger partial charge in [0, 0.05) is 15.7 Å². The Morgan fingerprint density at radius 2 is 1.83 bits per heavy atom. The Morgan fingerprint density at radius 1 is 1.13 bits per heavy atom. The van der Waals surface area contributed by atoms with E-state index in [1.165, 1.54) is 5.57 Å². The Morgan fingerprint density at radius 3 is 2.52 bits per heavy atom. The average Bonchev–Trinajstić information content (AvgIpc) is 2.57. The Kier molecular flexibility index (Phi) is 3.35. The second-order valence-corrected chi connectivity index (χ2v) is 10.9. The summed E-state index contributed by atoms with van der Waals surface area (Å²) in [4.78, 5) is 0.470. The van der Waals surface area contributed by atoms with Crippen molar-refractivity contribution in [2.75, 3.05) is 0 Å². The molecule has 1 saturated heterocycles. The lowest BCUT2D eigenvalue weighted by atomic mass is 9.42. The zero-order valence-corrected chi connectivity index (χ0v) is 16.6. The molecule has 1 N–H and O–H groups in total. The number of halogens is 1. The van der Waals surface area contributed by atoms with Gasteiger partial charge < -0.3 is 9.84 Å². The van der Waals surface area contributed by atoms with Crippen LogP contribution in [0.5, 0.6) is 0 Å². The normalized spacial score (nSPS) is 57.7. The van der Waals surface area contributed by atoms with Crippen LogP contribution in [0.25, 0.3) is 0 Å². The number of fused-ring (bicyclic) bond motifs is 2. The molecule has 7 atom stereocenters. The molecule has 3 saturated carbocycles. The SMILES string of the molecule is C=C1CC[C@H]2OC3C[C@@]4(C)[C@H](Br)CC[C@](C)(O)[C@@H]4CC13C2(C)C. The quantitative estimate of drug-likeness (QED) is 0.479. The first-order valence-electron chi connectivity index (χ1n) is 9.26. The summed E-state index contributed by atoms with van der Waals surface area (Å²) >= 11 is 3.96. The maximum atomic E-state index is 11.2. The van der Waals surface area contributed by atoms with Crippen molar-refractivity contribution in [3.8, 4) is 0 Å². The molecule has 4 aliphatic rings. The smallest absolute Gasteiger partial charge is 0.0684 e. The van der Waals surface area contributed by atoms with Crippen LogP contribution in [-0.4, -0.2) is 27.7 Å². The summed E-state index contributed by atoms with van der Waals surface area (Å²) < 4.78 is 6.63. The first-order chi connectivity index (χ1) is 10.6. The number of alkyl halides is 1. The number of hydrogen-bond acceptors (Lipinski definition) is 2. The van der Waals surface area contributed by atoms with Crippen molar-refractivity contribution >= 4 is 15.9 Å². The topological polar surface area (TPSA) is 29.5 Å². The lowest BCUT2D eigenvalue weighted by Gasteiger charge is -2.63. The zero-order valence-electron chi connectivity index (χ0n) is 15.0. The molecule has 2 unspecified atom stereocenters. The maximum Gasteiger partial charge on any atom is 0.0684 e. The van der Waals surface area contributed by atoms with Gasteiger partial charge in [-0.25, -0.2) is 0 Å². The highest BCUT2D eigenvalue weighted by molar-refractivity contribution is 9.09. The van der Waals surface area contributed by atoms with Crippen molar-refractivity contribution in [1.29, 1.82) is 0 Å². The molecule has 23 heavy (non-hydrogen) atoms. The lowest BCUT2D eigenvalue weighted by Crippen LogP contribution is -2.63. The number of ether oxygens (including phenoxy) is 1. The number of aliphatic hydroxyl groups is 1. The highest BCUT2D eigenvalue weighted by Gasteiger charge is 2.71. The molecule has 0 aromatic rings. The van der Waals surface area contributed by atoms with Crippen LogP contribution in [0, 0.1) is 22.2 Å². The molecule has 1 aliphatic heterocycles. The fraction of sp³-hybridized carbons (Fsp3) is 0.900. The fourth-order valence-electron chi connectivity index (χ4n) is 6.88. The number of hydrogen-bond donors (Lipinski definition) is 1. The molecule has 0 aromatic heterocycles. The van der Waals surface area contributed by atoms with E-state index < -0.39 is 5.60 Å². The average molecular weight is 383 g/mol. The van der Waals surface area contributed by atoms with E-state index in [1.807, 2.05) is 0 Å². The Balaban J connectivity index is 1.84. The van der Waals surface area contributed by atoms with Crippen LogP contribution in [0.3, 0.4) is 0 Å². The molecular formula is C20H31BrO2. The van der Waals surface area contributed by atoms with E-state index in [2.05, 4.69) is 50.2 Å². The molecule has 2 bridgehead atoms. The first kappa shape index (κ1) is 16.6. The Labute approximate surface area is 149 Å². The van der Waals surface area contributed by atoms with Gasteiger partial charge in [-0.2, -0.15) is 0 Å². The summed E-state index contributed by atoms with van der Waals surface area (Å²) in [5.74, 6) is 0.306. The molecule has 1 heterocycles. The molecule has 0 aromatic carbocycles. The lowest BCUT2D eigenvalue weighted by molar-refractivity contribution is -0.160. The summed E-state index contributed by atoms with van der Waals surface area (Å²) in [7, 11) is 0. The van der Waals surface area contributed by atoms with Crippen LogP contribution in [0.4, 0.5) is 0 Å². The molecule has 2 nitrogen and oxygen atoms in total. The minimum absolute atomic E-state index is 0.0497. The summed E-state index contributed by atoms with van der Waals surface area (Å²) in [5, 5.41) is 11.2. The highest BCUT2D eigenvalue weighted by atomic mass is 79.9. The van der Waals surface area contributed by atoms with E-state index in [1.54, 1.807) is 0 Å². The zero-order chi connectivity index (χ0) is 16.8. The van der Waals surface area contributed by atoms with Gasteiger partial charge in [-0.1, -0.05) is 48.9 Å². The number of rotatable bonds is 0. The van der Waals surface area contributed by atoms with Gasteiger partial charge in [-0.3, -0.25) is 0 Å². The molecule has 3 aliphatic carbocycles. The van der Waals surface area contributed by atoms with E-state index in [0.29, 0.717) is 16.8 Å².